The molecule has 0 N–H and O–H groups in total. The molecule has 0 amide bonds. The van der Waals surface area contributed by atoms with Crippen molar-refractivity contribution in [1.82, 2.24) is 9.38 Å². The number of rotatable bonds is 2. The third kappa shape index (κ3) is 2.00. The molecule has 126 valence electrons. The minimum Gasteiger partial charge on any atom is -0.303 e. The molecule has 7 rings (SSSR count). The van der Waals surface area contributed by atoms with Gasteiger partial charge in [-0.1, -0.05) is 36.4 Å². The second kappa shape index (κ2) is 4.97. The Balaban J connectivity index is 1.57. The number of nitrogens with zero attached hydrogens (tertiary/aromatic N) is 2. The van der Waals surface area contributed by atoms with Crippen LogP contribution in [0.5, 0.6) is 0 Å². The topological polar surface area (TPSA) is 17.3 Å². The number of hydrogen-bond donors (Lipinski definition) is 0. The van der Waals surface area contributed by atoms with Crippen LogP contribution < -0.4 is 0 Å². The van der Waals surface area contributed by atoms with E-state index in [0.29, 0.717) is 5.41 Å². The van der Waals surface area contributed by atoms with Crippen molar-refractivity contribution in [3.05, 3.63) is 60.6 Å². The largest absolute Gasteiger partial charge is 0.303 e. The highest BCUT2D eigenvalue weighted by Gasteiger charge is 2.53. The lowest BCUT2D eigenvalue weighted by Gasteiger charge is -2.56. The number of aromatic nitrogens is 2. The van der Waals surface area contributed by atoms with Crippen LogP contribution in [0, 0.1) is 17.8 Å². The van der Waals surface area contributed by atoms with E-state index in [2.05, 4.69) is 59.1 Å². The summed E-state index contributed by atoms with van der Waals surface area (Å²) in [5.74, 6) is 4.19. The number of fused-ring (bicyclic) bond motifs is 1. The number of benzene rings is 1. The predicted molar refractivity (Wildman–Crippen MR) is 100 cm³/mol. The molecule has 1 aromatic carbocycles. The van der Waals surface area contributed by atoms with Gasteiger partial charge in [-0.05, 0) is 68.4 Å². The van der Waals surface area contributed by atoms with Crippen molar-refractivity contribution >= 4 is 5.52 Å². The first-order valence-electron chi connectivity index (χ1n) is 9.84. The van der Waals surface area contributed by atoms with Crippen LogP contribution in [-0.4, -0.2) is 9.38 Å². The molecule has 25 heavy (non-hydrogen) atoms. The standard InChI is InChI=1S/C23H24N2/c1-2-6-19(7-3-1)21-20-8-4-5-9-25(20)22(24-21)23-13-16-10-17(14-23)12-18(11-16)15-23/h1-9,16-18H,10-15H2. The number of hydrogen-bond acceptors (Lipinski definition) is 1. The van der Waals surface area contributed by atoms with Crippen LogP contribution in [0.2, 0.25) is 0 Å². The molecule has 0 unspecified atom stereocenters. The monoisotopic (exact) mass is 328 g/mol. The molecule has 4 saturated carbocycles. The highest BCUT2D eigenvalue weighted by Crippen LogP contribution is 2.60. The van der Waals surface area contributed by atoms with Crippen LogP contribution in [0.25, 0.3) is 16.8 Å². The molecule has 4 aliphatic carbocycles. The van der Waals surface area contributed by atoms with Crippen molar-refractivity contribution in [3.8, 4) is 11.3 Å². The fourth-order valence-electron chi connectivity index (χ4n) is 6.60. The van der Waals surface area contributed by atoms with Crippen LogP contribution in [0.4, 0.5) is 0 Å². The van der Waals surface area contributed by atoms with Gasteiger partial charge >= 0.3 is 0 Å². The lowest BCUT2D eigenvalue weighted by Crippen LogP contribution is -2.49. The third-order valence-electron chi connectivity index (χ3n) is 7.11. The van der Waals surface area contributed by atoms with E-state index in [0.717, 1.165) is 23.4 Å². The maximum atomic E-state index is 5.31. The summed E-state index contributed by atoms with van der Waals surface area (Å²) in [6.07, 6.45) is 10.8. The zero-order valence-electron chi connectivity index (χ0n) is 14.6. The molecule has 4 bridgehead atoms. The van der Waals surface area contributed by atoms with Gasteiger partial charge in [-0.15, -0.1) is 0 Å². The summed E-state index contributed by atoms with van der Waals surface area (Å²) in [7, 11) is 0. The molecule has 0 atom stereocenters. The highest BCUT2D eigenvalue weighted by molar-refractivity contribution is 5.77. The maximum absolute atomic E-state index is 5.31. The van der Waals surface area contributed by atoms with Crippen LogP contribution in [0.1, 0.15) is 44.3 Å². The average Bonchev–Trinajstić information content (AvgIpc) is 3.02. The van der Waals surface area contributed by atoms with Crippen LogP contribution in [0.3, 0.4) is 0 Å². The predicted octanol–water partition coefficient (Wildman–Crippen LogP) is 5.47. The van der Waals surface area contributed by atoms with Crippen molar-refractivity contribution in [2.45, 2.75) is 43.9 Å². The summed E-state index contributed by atoms with van der Waals surface area (Å²) in [5.41, 5.74) is 3.99. The van der Waals surface area contributed by atoms with Gasteiger partial charge in [-0.25, -0.2) is 4.98 Å². The first-order chi connectivity index (χ1) is 12.3. The molecule has 4 fully saturated rings. The van der Waals surface area contributed by atoms with E-state index < -0.39 is 0 Å². The van der Waals surface area contributed by atoms with Gasteiger partial charge in [0, 0.05) is 17.2 Å². The summed E-state index contributed by atoms with van der Waals surface area (Å²) in [4.78, 5) is 5.31. The fourth-order valence-corrected chi connectivity index (χ4v) is 6.60. The van der Waals surface area contributed by atoms with Gasteiger partial charge in [-0.2, -0.15) is 0 Å². The smallest absolute Gasteiger partial charge is 0.120 e. The summed E-state index contributed by atoms with van der Waals surface area (Å²) in [6, 6.07) is 17.3. The molecule has 2 heterocycles. The zero-order valence-corrected chi connectivity index (χ0v) is 14.6. The van der Waals surface area contributed by atoms with Crippen molar-refractivity contribution < 1.29 is 0 Å². The van der Waals surface area contributed by atoms with E-state index in [-0.39, 0.29) is 0 Å². The molecule has 3 aromatic rings. The van der Waals surface area contributed by atoms with Crippen molar-refractivity contribution in [3.63, 3.8) is 0 Å². The molecule has 0 aliphatic heterocycles. The van der Waals surface area contributed by atoms with Gasteiger partial charge < -0.3 is 4.40 Å². The zero-order chi connectivity index (χ0) is 16.4. The van der Waals surface area contributed by atoms with Gasteiger partial charge in [0.15, 0.2) is 0 Å². The van der Waals surface area contributed by atoms with Gasteiger partial charge in [0.05, 0.1) is 11.2 Å². The SMILES string of the molecule is c1ccc(-c2nc(C34CC5CC(CC(C5)C3)C4)n3ccccc23)cc1. The third-order valence-corrected chi connectivity index (χ3v) is 7.11. The Morgan fingerprint density at radius 2 is 1.44 bits per heavy atom. The van der Waals surface area contributed by atoms with E-state index in [4.69, 9.17) is 4.98 Å². The van der Waals surface area contributed by atoms with Gasteiger partial charge in [0.25, 0.3) is 0 Å². The Kier molecular flexibility index (Phi) is 2.81. The Labute approximate surface area is 148 Å². The van der Waals surface area contributed by atoms with Crippen molar-refractivity contribution in [1.29, 1.82) is 0 Å². The molecule has 0 saturated heterocycles. The Morgan fingerprint density at radius 3 is 2.12 bits per heavy atom. The number of pyridine rings is 1. The molecular weight excluding hydrogens is 304 g/mol. The molecular formula is C23H24N2. The summed E-state index contributed by atoms with van der Waals surface area (Å²) < 4.78 is 2.41. The normalized spacial score (nSPS) is 33.2. The molecule has 2 heteroatoms. The minimum atomic E-state index is 0.325. The molecule has 2 aromatic heterocycles. The first kappa shape index (κ1) is 14.1. The van der Waals surface area contributed by atoms with Crippen LogP contribution >= 0.6 is 0 Å². The Hall–Kier alpha value is -2.09. The Bertz CT molecular complexity index is 902. The quantitative estimate of drug-likeness (QED) is 0.610. The van der Waals surface area contributed by atoms with Crippen LogP contribution in [0.15, 0.2) is 54.7 Å². The van der Waals surface area contributed by atoms with Gasteiger partial charge in [0.2, 0.25) is 0 Å². The molecule has 2 nitrogen and oxygen atoms in total. The maximum Gasteiger partial charge on any atom is 0.120 e. The second-order valence-corrected chi connectivity index (χ2v) is 8.80. The number of imidazole rings is 1. The summed E-state index contributed by atoms with van der Waals surface area (Å²) >= 11 is 0. The van der Waals surface area contributed by atoms with Gasteiger partial charge in [-0.3, -0.25) is 0 Å². The van der Waals surface area contributed by atoms with E-state index in [1.54, 1.807) is 0 Å². The van der Waals surface area contributed by atoms with E-state index in [1.807, 2.05) is 0 Å². The average molecular weight is 328 g/mol. The lowest BCUT2D eigenvalue weighted by molar-refractivity contribution is -0.00958. The van der Waals surface area contributed by atoms with Crippen molar-refractivity contribution in [2.75, 3.05) is 0 Å². The molecule has 0 spiro atoms. The van der Waals surface area contributed by atoms with E-state index in [1.165, 1.54) is 55.4 Å². The van der Waals surface area contributed by atoms with Crippen molar-refractivity contribution in [2.24, 2.45) is 17.8 Å². The van der Waals surface area contributed by atoms with Crippen LogP contribution in [-0.2, 0) is 5.41 Å². The van der Waals surface area contributed by atoms with Gasteiger partial charge in [0.1, 0.15) is 5.82 Å². The molecule has 4 aliphatic rings. The fraction of sp³-hybridized carbons (Fsp3) is 0.435. The van der Waals surface area contributed by atoms with E-state index >= 15 is 0 Å². The first-order valence-corrected chi connectivity index (χ1v) is 9.84. The highest BCUT2D eigenvalue weighted by atomic mass is 15.0. The Morgan fingerprint density at radius 1 is 0.800 bits per heavy atom. The van der Waals surface area contributed by atoms with E-state index in [9.17, 15) is 0 Å². The summed E-state index contributed by atoms with van der Waals surface area (Å²) in [5, 5.41) is 0. The lowest BCUT2D eigenvalue weighted by atomic mass is 9.49. The molecule has 0 radical (unpaired) electrons. The summed E-state index contributed by atoms with van der Waals surface area (Å²) in [6.45, 7) is 0. The minimum absolute atomic E-state index is 0.325. The second-order valence-electron chi connectivity index (χ2n) is 8.80.